The molecule has 1 aromatic heterocycles. The molecule has 2 unspecified atom stereocenters. The molecule has 4 nitrogen and oxygen atoms in total. The zero-order valence-electron chi connectivity index (χ0n) is 9.44. The van der Waals surface area contributed by atoms with Crippen molar-refractivity contribution < 1.29 is 4.74 Å². The van der Waals surface area contributed by atoms with E-state index in [1.807, 2.05) is 12.5 Å². The molecule has 1 aliphatic rings. The van der Waals surface area contributed by atoms with Crippen molar-refractivity contribution in [2.24, 2.45) is 0 Å². The molecule has 1 saturated heterocycles. The first-order chi connectivity index (χ1) is 7.33. The Bertz CT molecular complexity index is 305. The van der Waals surface area contributed by atoms with E-state index in [2.05, 4.69) is 21.8 Å². The van der Waals surface area contributed by atoms with Crippen LogP contribution in [0.2, 0.25) is 0 Å². The minimum absolute atomic E-state index is 0.369. The van der Waals surface area contributed by atoms with Crippen molar-refractivity contribution in [2.75, 3.05) is 26.8 Å². The van der Waals surface area contributed by atoms with Crippen LogP contribution in [0.4, 0.5) is 0 Å². The van der Waals surface area contributed by atoms with E-state index in [-0.39, 0.29) is 0 Å². The van der Waals surface area contributed by atoms with Crippen LogP contribution < -0.4 is 5.32 Å². The van der Waals surface area contributed by atoms with Crippen LogP contribution in [-0.2, 0) is 4.74 Å². The summed E-state index contributed by atoms with van der Waals surface area (Å²) in [5.74, 6) is 0.617. The van der Waals surface area contributed by atoms with E-state index in [0.717, 1.165) is 19.7 Å². The SMILES string of the molecule is COCC(C)n1cncc1C1CCNC1. The fraction of sp³-hybridized carbons (Fsp3) is 0.727. The number of hydrogen-bond donors (Lipinski definition) is 1. The fourth-order valence-corrected chi connectivity index (χ4v) is 2.23. The van der Waals surface area contributed by atoms with Crippen LogP contribution in [0.1, 0.15) is 31.0 Å². The topological polar surface area (TPSA) is 39.1 Å². The molecule has 1 N–H and O–H groups in total. The summed E-state index contributed by atoms with van der Waals surface area (Å²) >= 11 is 0. The molecule has 1 fully saturated rings. The molecule has 0 bridgehead atoms. The minimum Gasteiger partial charge on any atom is -0.383 e. The van der Waals surface area contributed by atoms with Gasteiger partial charge in [-0.2, -0.15) is 0 Å². The second-order valence-electron chi connectivity index (χ2n) is 4.22. The number of ether oxygens (including phenoxy) is 1. The van der Waals surface area contributed by atoms with E-state index < -0.39 is 0 Å². The molecule has 0 aromatic carbocycles. The molecule has 0 amide bonds. The first-order valence-corrected chi connectivity index (χ1v) is 5.54. The lowest BCUT2D eigenvalue weighted by atomic mass is 10.1. The van der Waals surface area contributed by atoms with E-state index in [9.17, 15) is 0 Å². The lowest BCUT2D eigenvalue weighted by Crippen LogP contribution is -2.16. The van der Waals surface area contributed by atoms with Crippen molar-refractivity contribution >= 4 is 0 Å². The van der Waals surface area contributed by atoms with Gasteiger partial charge in [-0.25, -0.2) is 4.98 Å². The van der Waals surface area contributed by atoms with Crippen LogP contribution in [-0.4, -0.2) is 36.4 Å². The Hall–Kier alpha value is -0.870. The molecule has 2 heterocycles. The lowest BCUT2D eigenvalue weighted by molar-refractivity contribution is 0.160. The van der Waals surface area contributed by atoms with Crippen molar-refractivity contribution in [3.05, 3.63) is 18.2 Å². The highest BCUT2D eigenvalue weighted by Crippen LogP contribution is 2.24. The van der Waals surface area contributed by atoms with Gasteiger partial charge < -0.3 is 14.6 Å². The summed E-state index contributed by atoms with van der Waals surface area (Å²) in [5.41, 5.74) is 1.34. The van der Waals surface area contributed by atoms with Crippen molar-refractivity contribution in [3.8, 4) is 0 Å². The highest BCUT2D eigenvalue weighted by atomic mass is 16.5. The normalized spacial score (nSPS) is 23.2. The summed E-state index contributed by atoms with van der Waals surface area (Å²) in [7, 11) is 1.74. The molecular formula is C11H19N3O. The van der Waals surface area contributed by atoms with E-state index in [0.29, 0.717) is 12.0 Å². The highest BCUT2D eigenvalue weighted by Gasteiger charge is 2.21. The molecule has 2 rings (SSSR count). The Morgan fingerprint density at radius 1 is 1.73 bits per heavy atom. The van der Waals surface area contributed by atoms with Gasteiger partial charge in [-0.1, -0.05) is 0 Å². The summed E-state index contributed by atoms with van der Waals surface area (Å²) in [6.45, 7) is 5.10. The summed E-state index contributed by atoms with van der Waals surface area (Å²) in [6.07, 6.45) is 5.12. The van der Waals surface area contributed by atoms with Crippen LogP contribution in [0.25, 0.3) is 0 Å². The first-order valence-electron chi connectivity index (χ1n) is 5.54. The zero-order valence-corrected chi connectivity index (χ0v) is 9.44. The monoisotopic (exact) mass is 209 g/mol. The van der Waals surface area contributed by atoms with Gasteiger partial charge in [0.15, 0.2) is 0 Å². The summed E-state index contributed by atoms with van der Waals surface area (Å²) in [5, 5.41) is 3.39. The molecule has 2 atom stereocenters. The molecule has 0 aliphatic carbocycles. The number of imidazole rings is 1. The Kier molecular flexibility index (Phi) is 3.38. The third-order valence-electron chi connectivity index (χ3n) is 3.06. The largest absolute Gasteiger partial charge is 0.383 e. The van der Waals surface area contributed by atoms with Crippen LogP contribution in [0.3, 0.4) is 0 Å². The Labute approximate surface area is 90.6 Å². The maximum Gasteiger partial charge on any atom is 0.0951 e. The third kappa shape index (κ3) is 2.21. The number of hydrogen-bond acceptors (Lipinski definition) is 3. The van der Waals surface area contributed by atoms with Crippen LogP contribution >= 0.6 is 0 Å². The van der Waals surface area contributed by atoms with Gasteiger partial charge in [-0.3, -0.25) is 0 Å². The van der Waals surface area contributed by atoms with E-state index in [1.54, 1.807) is 7.11 Å². The lowest BCUT2D eigenvalue weighted by Gasteiger charge is -2.18. The minimum atomic E-state index is 0.369. The molecule has 0 spiro atoms. The highest BCUT2D eigenvalue weighted by molar-refractivity contribution is 5.10. The predicted octanol–water partition coefficient (Wildman–Crippen LogP) is 1.17. The molecular weight excluding hydrogens is 190 g/mol. The Morgan fingerprint density at radius 2 is 2.60 bits per heavy atom. The van der Waals surface area contributed by atoms with Gasteiger partial charge >= 0.3 is 0 Å². The Morgan fingerprint density at radius 3 is 3.27 bits per heavy atom. The van der Waals surface area contributed by atoms with Gasteiger partial charge in [-0.05, 0) is 19.9 Å². The molecule has 1 aliphatic heterocycles. The quantitative estimate of drug-likeness (QED) is 0.809. The van der Waals surface area contributed by atoms with E-state index in [4.69, 9.17) is 4.74 Å². The second-order valence-corrected chi connectivity index (χ2v) is 4.22. The van der Waals surface area contributed by atoms with Crippen LogP contribution in [0.5, 0.6) is 0 Å². The fourth-order valence-electron chi connectivity index (χ4n) is 2.23. The summed E-state index contributed by atoms with van der Waals surface area (Å²) in [4.78, 5) is 4.25. The first kappa shape index (κ1) is 10.6. The zero-order chi connectivity index (χ0) is 10.7. The van der Waals surface area contributed by atoms with E-state index in [1.165, 1.54) is 12.1 Å². The van der Waals surface area contributed by atoms with Gasteiger partial charge in [-0.15, -0.1) is 0 Å². The molecule has 84 valence electrons. The Balaban J connectivity index is 2.13. The van der Waals surface area contributed by atoms with Gasteiger partial charge in [0.25, 0.3) is 0 Å². The van der Waals surface area contributed by atoms with Gasteiger partial charge in [0, 0.05) is 31.5 Å². The van der Waals surface area contributed by atoms with Crippen LogP contribution in [0.15, 0.2) is 12.5 Å². The number of nitrogens with one attached hydrogen (secondary N) is 1. The molecule has 1 aromatic rings. The number of nitrogens with zero attached hydrogens (tertiary/aromatic N) is 2. The third-order valence-corrected chi connectivity index (χ3v) is 3.06. The summed E-state index contributed by atoms with van der Waals surface area (Å²) < 4.78 is 7.42. The van der Waals surface area contributed by atoms with Gasteiger partial charge in [0.05, 0.1) is 19.0 Å². The molecule has 0 saturated carbocycles. The number of rotatable bonds is 4. The standard InChI is InChI=1S/C11H19N3O/c1-9(7-15-2)14-8-13-6-11(14)10-3-4-12-5-10/h6,8-10,12H,3-5,7H2,1-2H3. The maximum absolute atomic E-state index is 5.18. The van der Waals surface area contributed by atoms with Crippen molar-refractivity contribution in [2.45, 2.75) is 25.3 Å². The number of aromatic nitrogens is 2. The second kappa shape index (κ2) is 4.77. The van der Waals surface area contributed by atoms with Gasteiger partial charge in [0.1, 0.15) is 0 Å². The summed E-state index contributed by atoms with van der Waals surface area (Å²) in [6, 6.07) is 0.369. The molecule has 4 heteroatoms. The molecule has 15 heavy (non-hydrogen) atoms. The number of methoxy groups -OCH3 is 1. The maximum atomic E-state index is 5.18. The van der Waals surface area contributed by atoms with E-state index >= 15 is 0 Å². The average molecular weight is 209 g/mol. The van der Waals surface area contributed by atoms with Gasteiger partial charge in [0.2, 0.25) is 0 Å². The van der Waals surface area contributed by atoms with Crippen molar-refractivity contribution in [1.29, 1.82) is 0 Å². The molecule has 0 radical (unpaired) electrons. The van der Waals surface area contributed by atoms with Crippen molar-refractivity contribution in [3.63, 3.8) is 0 Å². The predicted molar refractivity (Wildman–Crippen MR) is 59.0 cm³/mol. The van der Waals surface area contributed by atoms with Crippen molar-refractivity contribution in [1.82, 2.24) is 14.9 Å². The van der Waals surface area contributed by atoms with Crippen LogP contribution in [0, 0.1) is 0 Å². The smallest absolute Gasteiger partial charge is 0.0951 e. The average Bonchev–Trinajstić information content (AvgIpc) is 2.88.